The van der Waals surface area contributed by atoms with Crippen molar-refractivity contribution < 1.29 is 0 Å². The highest BCUT2D eigenvalue weighted by Gasteiger charge is 2.50. The first-order valence-electron chi connectivity index (χ1n) is 6.32. The first kappa shape index (κ1) is 11.8. The van der Waals surface area contributed by atoms with Crippen LogP contribution < -0.4 is 0 Å². The lowest BCUT2D eigenvalue weighted by atomic mass is 10.0. The van der Waals surface area contributed by atoms with E-state index in [0.29, 0.717) is 11.3 Å². The van der Waals surface area contributed by atoms with E-state index in [2.05, 4.69) is 18.9 Å². The molecule has 94 valence electrons. The summed E-state index contributed by atoms with van der Waals surface area (Å²) in [5.74, 6) is 0.576. The highest BCUT2D eigenvalue weighted by atomic mass is 35.5. The maximum atomic E-state index is 6.54. The molecule has 0 radical (unpaired) electrons. The molecule has 2 aromatic rings. The molecule has 2 atom stereocenters. The summed E-state index contributed by atoms with van der Waals surface area (Å²) in [5, 5.41) is 4.48. The molecule has 1 aromatic heterocycles. The molecule has 0 spiro atoms. The van der Waals surface area contributed by atoms with Crippen molar-refractivity contribution in [2.75, 3.05) is 0 Å². The van der Waals surface area contributed by atoms with Crippen molar-refractivity contribution in [1.82, 2.24) is 9.78 Å². The van der Waals surface area contributed by atoms with Crippen molar-refractivity contribution in [3.05, 3.63) is 48.3 Å². The molecule has 2 nitrogen and oxygen atoms in total. The maximum absolute atomic E-state index is 6.54. The van der Waals surface area contributed by atoms with Crippen LogP contribution in [0.1, 0.15) is 31.2 Å². The Morgan fingerprint density at radius 2 is 2.00 bits per heavy atom. The largest absolute Gasteiger partial charge is 0.241 e. The van der Waals surface area contributed by atoms with Gasteiger partial charge in [-0.1, -0.05) is 32.0 Å². The number of aromatic nitrogens is 2. The first-order valence-corrected chi connectivity index (χ1v) is 6.76. The summed E-state index contributed by atoms with van der Waals surface area (Å²) in [6.07, 6.45) is 5.14. The van der Waals surface area contributed by atoms with Gasteiger partial charge in [-0.2, -0.15) is 5.10 Å². The van der Waals surface area contributed by atoms with E-state index < -0.39 is 0 Å². The maximum Gasteiger partial charge on any atom is 0.0649 e. The quantitative estimate of drug-likeness (QED) is 0.757. The van der Waals surface area contributed by atoms with Crippen LogP contribution in [0, 0.1) is 11.3 Å². The highest BCUT2D eigenvalue weighted by molar-refractivity contribution is 6.21. The zero-order valence-electron chi connectivity index (χ0n) is 10.7. The number of para-hydroxylation sites is 1. The van der Waals surface area contributed by atoms with E-state index >= 15 is 0 Å². The van der Waals surface area contributed by atoms with Gasteiger partial charge in [0.15, 0.2) is 0 Å². The van der Waals surface area contributed by atoms with Crippen molar-refractivity contribution in [2.24, 2.45) is 11.3 Å². The van der Waals surface area contributed by atoms with Gasteiger partial charge in [0.1, 0.15) is 0 Å². The molecule has 0 bridgehead atoms. The van der Waals surface area contributed by atoms with Gasteiger partial charge >= 0.3 is 0 Å². The fourth-order valence-electron chi connectivity index (χ4n) is 2.44. The Kier molecular flexibility index (Phi) is 2.70. The summed E-state index contributed by atoms with van der Waals surface area (Å²) in [6.45, 7) is 4.54. The summed E-state index contributed by atoms with van der Waals surface area (Å²) in [6, 6.07) is 10.1. The van der Waals surface area contributed by atoms with Crippen LogP contribution in [-0.2, 0) is 0 Å². The number of halogens is 1. The Balaban J connectivity index is 1.82. The normalized spacial score (nSPS) is 22.7. The summed E-state index contributed by atoms with van der Waals surface area (Å²) in [4.78, 5) is 0. The molecule has 0 saturated heterocycles. The van der Waals surface area contributed by atoms with Crippen LogP contribution >= 0.6 is 11.6 Å². The third kappa shape index (κ3) is 2.05. The standard InChI is InChI=1S/C15H17ClN2/c1-15(2)8-13(15)14(16)11-9-17-18(10-11)12-6-4-3-5-7-12/h3-7,9-10,13-14H,8H2,1-2H3. The summed E-state index contributed by atoms with van der Waals surface area (Å²) < 4.78 is 1.89. The molecule has 0 amide bonds. The van der Waals surface area contributed by atoms with Gasteiger partial charge in [0.05, 0.1) is 17.3 Å². The Hall–Kier alpha value is -1.28. The summed E-state index contributed by atoms with van der Waals surface area (Å²) >= 11 is 6.54. The number of rotatable bonds is 3. The van der Waals surface area contributed by atoms with E-state index in [0.717, 1.165) is 11.3 Å². The zero-order chi connectivity index (χ0) is 12.8. The van der Waals surface area contributed by atoms with E-state index in [1.807, 2.05) is 47.4 Å². The smallest absolute Gasteiger partial charge is 0.0649 e. The Bertz CT molecular complexity index is 545. The molecule has 3 heteroatoms. The fraction of sp³-hybridized carbons (Fsp3) is 0.400. The Labute approximate surface area is 113 Å². The molecule has 1 fully saturated rings. The molecule has 18 heavy (non-hydrogen) atoms. The van der Waals surface area contributed by atoms with Gasteiger partial charge in [0.2, 0.25) is 0 Å². The molecule has 3 rings (SSSR count). The minimum absolute atomic E-state index is 0.0810. The van der Waals surface area contributed by atoms with Gasteiger partial charge in [0.25, 0.3) is 0 Å². The van der Waals surface area contributed by atoms with E-state index in [4.69, 9.17) is 11.6 Å². The van der Waals surface area contributed by atoms with E-state index in [1.54, 1.807) is 0 Å². The van der Waals surface area contributed by atoms with Crippen molar-refractivity contribution in [1.29, 1.82) is 0 Å². The molecule has 1 aromatic carbocycles. The molecule has 1 saturated carbocycles. The van der Waals surface area contributed by atoms with Gasteiger partial charge in [-0.05, 0) is 29.9 Å². The lowest BCUT2D eigenvalue weighted by molar-refractivity contribution is 0.548. The summed E-state index contributed by atoms with van der Waals surface area (Å²) in [5.41, 5.74) is 2.58. The second kappa shape index (κ2) is 4.13. The average molecular weight is 261 g/mol. The van der Waals surface area contributed by atoms with Crippen molar-refractivity contribution in [2.45, 2.75) is 25.6 Å². The predicted molar refractivity (Wildman–Crippen MR) is 74.0 cm³/mol. The van der Waals surface area contributed by atoms with E-state index in [1.165, 1.54) is 6.42 Å². The first-order chi connectivity index (χ1) is 8.58. The van der Waals surface area contributed by atoms with Crippen LogP contribution in [0.25, 0.3) is 5.69 Å². The minimum Gasteiger partial charge on any atom is -0.241 e. The van der Waals surface area contributed by atoms with Gasteiger partial charge < -0.3 is 0 Å². The van der Waals surface area contributed by atoms with Crippen LogP contribution in [0.5, 0.6) is 0 Å². The van der Waals surface area contributed by atoms with Crippen LogP contribution in [0.2, 0.25) is 0 Å². The summed E-state index contributed by atoms with van der Waals surface area (Å²) in [7, 11) is 0. The van der Waals surface area contributed by atoms with Gasteiger partial charge in [-0.3, -0.25) is 0 Å². The third-order valence-electron chi connectivity index (χ3n) is 3.88. The Morgan fingerprint density at radius 1 is 1.33 bits per heavy atom. The van der Waals surface area contributed by atoms with Crippen LogP contribution in [0.3, 0.4) is 0 Å². The molecular weight excluding hydrogens is 244 g/mol. The number of benzene rings is 1. The van der Waals surface area contributed by atoms with Gasteiger partial charge in [0, 0.05) is 11.8 Å². The van der Waals surface area contributed by atoms with Gasteiger partial charge in [-0.25, -0.2) is 4.68 Å². The molecule has 1 aliphatic carbocycles. The lowest BCUT2D eigenvalue weighted by Gasteiger charge is -2.08. The molecule has 1 aliphatic rings. The second-order valence-corrected chi connectivity index (χ2v) is 6.22. The zero-order valence-corrected chi connectivity index (χ0v) is 11.4. The van der Waals surface area contributed by atoms with Crippen molar-refractivity contribution in [3.63, 3.8) is 0 Å². The lowest BCUT2D eigenvalue weighted by Crippen LogP contribution is -1.98. The van der Waals surface area contributed by atoms with Crippen LogP contribution in [-0.4, -0.2) is 9.78 Å². The van der Waals surface area contributed by atoms with Gasteiger partial charge in [-0.15, -0.1) is 11.6 Å². The molecule has 2 unspecified atom stereocenters. The topological polar surface area (TPSA) is 17.8 Å². The average Bonchev–Trinajstić information content (AvgIpc) is 2.81. The predicted octanol–water partition coefficient (Wildman–Crippen LogP) is 4.20. The third-order valence-corrected chi connectivity index (χ3v) is 4.44. The molecular formula is C15H17ClN2. The highest BCUT2D eigenvalue weighted by Crippen LogP contribution is 2.59. The van der Waals surface area contributed by atoms with E-state index in [9.17, 15) is 0 Å². The second-order valence-electron chi connectivity index (χ2n) is 5.75. The number of nitrogens with zero attached hydrogens (tertiary/aromatic N) is 2. The van der Waals surface area contributed by atoms with Crippen molar-refractivity contribution >= 4 is 11.6 Å². The Morgan fingerprint density at radius 3 is 2.61 bits per heavy atom. The van der Waals surface area contributed by atoms with Crippen LogP contribution in [0.15, 0.2) is 42.7 Å². The number of hydrogen-bond acceptors (Lipinski definition) is 1. The van der Waals surface area contributed by atoms with Crippen molar-refractivity contribution in [3.8, 4) is 5.69 Å². The monoisotopic (exact) mass is 260 g/mol. The fourth-order valence-corrected chi connectivity index (χ4v) is 2.98. The molecule has 0 N–H and O–H groups in total. The molecule has 1 heterocycles. The van der Waals surface area contributed by atoms with Crippen LogP contribution in [0.4, 0.5) is 0 Å². The molecule has 0 aliphatic heterocycles. The number of alkyl halides is 1. The van der Waals surface area contributed by atoms with E-state index in [-0.39, 0.29) is 5.38 Å². The minimum atomic E-state index is 0.0810. The number of hydrogen-bond donors (Lipinski definition) is 0. The SMILES string of the molecule is CC1(C)CC1C(Cl)c1cnn(-c2ccccc2)c1.